The fourth-order valence-corrected chi connectivity index (χ4v) is 3.15. The second-order valence-corrected chi connectivity index (χ2v) is 5.72. The highest BCUT2D eigenvalue weighted by Crippen LogP contribution is 2.26. The van der Waals surface area contributed by atoms with Crippen LogP contribution in [-0.4, -0.2) is 43.7 Å². The normalized spacial score (nSPS) is 26.6. The van der Waals surface area contributed by atoms with Crippen LogP contribution in [0.4, 0.5) is 4.39 Å². The number of halogens is 1. The number of nitrogens with zero attached hydrogens (tertiary/aromatic N) is 1. The summed E-state index contributed by atoms with van der Waals surface area (Å²) in [5.41, 5.74) is 0.854. The van der Waals surface area contributed by atoms with Crippen molar-refractivity contribution in [3.05, 3.63) is 35.6 Å². The highest BCUT2D eigenvalue weighted by atomic mass is 19.1. The van der Waals surface area contributed by atoms with Gasteiger partial charge in [0.1, 0.15) is 5.82 Å². The van der Waals surface area contributed by atoms with Crippen LogP contribution in [0, 0.1) is 11.7 Å². The van der Waals surface area contributed by atoms with Gasteiger partial charge >= 0.3 is 0 Å². The molecule has 114 valence electrons. The van der Waals surface area contributed by atoms with Crippen molar-refractivity contribution in [2.75, 3.05) is 32.8 Å². The third kappa shape index (κ3) is 3.24. The number of rotatable bonds is 2. The average Bonchev–Trinajstić information content (AvgIpc) is 2.55. The lowest BCUT2D eigenvalue weighted by molar-refractivity contribution is -0.143. The summed E-state index contributed by atoms with van der Waals surface area (Å²) in [4.78, 5) is 14.6. The summed E-state index contributed by atoms with van der Waals surface area (Å²) >= 11 is 0. The van der Waals surface area contributed by atoms with Crippen LogP contribution in [0.5, 0.6) is 0 Å². The molecule has 2 saturated heterocycles. The first-order valence-electron chi connectivity index (χ1n) is 7.60. The first kappa shape index (κ1) is 14.5. The molecule has 0 aliphatic carbocycles. The predicted molar refractivity (Wildman–Crippen MR) is 77.3 cm³/mol. The standard InChI is InChI=1S/C16H21FN2O2/c17-14-5-1-3-12(9-14)15-10-18-6-7-19(15)16(20)13-4-2-8-21-11-13/h1,3,5,9,13,15,18H,2,4,6-8,10-11H2. The number of amides is 1. The van der Waals surface area contributed by atoms with Gasteiger partial charge in [0.25, 0.3) is 0 Å². The number of nitrogens with one attached hydrogen (secondary N) is 1. The maximum Gasteiger partial charge on any atom is 0.228 e. The van der Waals surface area contributed by atoms with Crippen molar-refractivity contribution in [2.24, 2.45) is 5.92 Å². The van der Waals surface area contributed by atoms with Gasteiger partial charge in [0.05, 0.1) is 18.6 Å². The van der Waals surface area contributed by atoms with E-state index < -0.39 is 0 Å². The van der Waals surface area contributed by atoms with Crippen LogP contribution in [0.3, 0.4) is 0 Å². The summed E-state index contributed by atoms with van der Waals surface area (Å²) in [6, 6.07) is 6.45. The predicted octanol–water partition coefficient (Wildman–Crippen LogP) is 1.73. The molecule has 0 spiro atoms. The van der Waals surface area contributed by atoms with Gasteiger partial charge in [-0.3, -0.25) is 4.79 Å². The van der Waals surface area contributed by atoms with Crippen molar-refractivity contribution in [3.63, 3.8) is 0 Å². The highest BCUT2D eigenvalue weighted by molar-refractivity contribution is 5.79. The summed E-state index contributed by atoms with van der Waals surface area (Å²) in [7, 11) is 0. The Morgan fingerprint density at radius 3 is 3.10 bits per heavy atom. The Bertz CT molecular complexity index is 503. The van der Waals surface area contributed by atoms with E-state index in [-0.39, 0.29) is 23.7 Å². The van der Waals surface area contributed by atoms with Gasteiger partial charge in [-0.05, 0) is 30.5 Å². The van der Waals surface area contributed by atoms with Gasteiger partial charge in [-0.15, -0.1) is 0 Å². The fourth-order valence-electron chi connectivity index (χ4n) is 3.15. The molecule has 2 atom stereocenters. The van der Waals surface area contributed by atoms with E-state index in [1.54, 1.807) is 6.07 Å². The number of hydrogen-bond donors (Lipinski definition) is 1. The van der Waals surface area contributed by atoms with Crippen LogP contribution in [0.25, 0.3) is 0 Å². The quantitative estimate of drug-likeness (QED) is 0.902. The minimum absolute atomic E-state index is 0.0482. The summed E-state index contributed by atoms with van der Waals surface area (Å²) < 4.78 is 18.9. The summed E-state index contributed by atoms with van der Waals surface area (Å²) in [5.74, 6) is -0.162. The molecule has 0 aromatic heterocycles. The number of hydrogen-bond acceptors (Lipinski definition) is 3. The minimum atomic E-state index is -0.258. The number of carbonyl (C=O) groups is 1. The Hall–Kier alpha value is -1.46. The first-order chi connectivity index (χ1) is 10.3. The Morgan fingerprint density at radius 2 is 2.33 bits per heavy atom. The van der Waals surface area contributed by atoms with Gasteiger partial charge in [0.2, 0.25) is 5.91 Å². The molecule has 2 heterocycles. The lowest BCUT2D eigenvalue weighted by atomic mass is 9.97. The third-order valence-corrected chi connectivity index (χ3v) is 4.27. The van der Waals surface area contributed by atoms with Crippen LogP contribution in [0.15, 0.2) is 24.3 Å². The Morgan fingerprint density at radius 1 is 1.43 bits per heavy atom. The lowest BCUT2D eigenvalue weighted by Gasteiger charge is -2.39. The molecule has 1 N–H and O–H groups in total. The molecule has 21 heavy (non-hydrogen) atoms. The minimum Gasteiger partial charge on any atom is -0.381 e. The summed E-state index contributed by atoms with van der Waals surface area (Å²) in [6.45, 7) is 3.38. The van der Waals surface area contributed by atoms with Crippen molar-refractivity contribution in [1.82, 2.24) is 10.2 Å². The molecule has 1 aromatic rings. The Labute approximate surface area is 124 Å². The van der Waals surface area contributed by atoms with Crippen molar-refractivity contribution < 1.29 is 13.9 Å². The zero-order valence-electron chi connectivity index (χ0n) is 12.1. The lowest BCUT2D eigenvalue weighted by Crippen LogP contribution is -2.51. The highest BCUT2D eigenvalue weighted by Gasteiger charge is 2.33. The molecule has 2 fully saturated rings. The molecule has 0 saturated carbocycles. The van der Waals surface area contributed by atoms with E-state index in [1.807, 2.05) is 11.0 Å². The van der Waals surface area contributed by atoms with Crippen LogP contribution < -0.4 is 5.32 Å². The smallest absolute Gasteiger partial charge is 0.228 e. The maximum absolute atomic E-state index is 13.5. The molecule has 5 heteroatoms. The summed E-state index contributed by atoms with van der Waals surface area (Å²) in [5, 5.41) is 3.29. The van der Waals surface area contributed by atoms with Crippen molar-refractivity contribution in [3.8, 4) is 0 Å². The molecule has 3 rings (SSSR count). The second kappa shape index (κ2) is 6.54. The monoisotopic (exact) mass is 292 g/mol. The molecular weight excluding hydrogens is 271 g/mol. The topological polar surface area (TPSA) is 41.6 Å². The van der Waals surface area contributed by atoms with E-state index in [4.69, 9.17) is 4.74 Å². The van der Waals surface area contributed by atoms with E-state index >= 15 is 0 Å². The van der Waals surface area contributed by atoms with E-state index in [9.17, 15) is 9.18 Å². The molecule has 2 aliphatic heterocycles. The van der Waals surface area contributed by atoms with Gasteiger partial charge in [-0.25, -0.2) is 4.39 Å². The van der Waals surface area contributed by atoms with Crippen LogP contribution in [0.2, 0.25) is 0 Å². The van der Waals surface area contributed by atoms with Crippen molar-refractivity contribution >= 4 is 5.91 Å². The number of ether oxygens (including phenoxy) is 1. The second-order valence-electron chi connectivity index (χ2n) is 5.72. The molecule has 1 amide bonds. The van der Waals surface area contributed by atoms with Crippen molar-refractivity contribution in [1.29, 1.82) is 0 Å². The first-order valence-corrected chi connectivity index (χ1v) is 7.60. The number of carbonyl (C=O) groups excluding carboxylic acids is 1. The van der Waals surface area contributed by atoms with E-state index in [0.717, 1.165) is 31.6 Å². The Kier molecular flexibility index (Phi) is 4.51. The number of piperazine rings is 1. The Balaban J connectivity index is 1.79. The fraction of sp³-hybridized carbons (Fsp3) is 0.562. The molecular formula is C16H21FN2O2. The van der Waals surface area contributed by atoms with E-state index in [1.165, 1.54) is 12.1 Å². The molecule has 0 bridgehead atoms. The zero-order valence-corrected chi connectivity index (χ0v) is 12.1. The van der Waals surface area contributed by atoms with E-state index in [2.05, 4.69) is 5.32 Å². The third-order valence-electron chi connectivity index (χ3n) is 4.27. The maximum atomic E-state index is 13.5. The van der Waals surface area contributed by atoms with Crippen molar-refractivity contribution in [2.45, 2.75) is 18.9 Å². The molecule has 2 aliphatic rings. The average molecular weight is 292 g/mol. The van der Waals surface area contributed by atoms with Gasteiger partial charge in [-0.1, -0.05) is 12.1 Å². The van der Waals surface area contributed by atoms with Gasteiger partial charge in [0.15, 0.2) is 0 Å². The van der Waals surface area contributed by atoms with Gasteiger partial charge in [0, 0.05) is 26.2 Å². The molecule has 1 aromatic carbocycles. The molecule has 0 radical (unpaired) electrons. The van der Waals surface area contributed by atoms with E-state index in [0.29, 0.717) is 19.7 Å². The van der Waals surface area contributed by atoms with Crippen LogP contribution >= 0.6 is 0 Å². The zero-order chi connectivity index (χ0) is 14.7. The largest absolute Gasteiger partial charge is 0.381 e. The van der Waals surface area contributed by atoms with Gasteiger partial charge < -0.3 is 15.0 Å². The molecule has 2 unspecified atom stereocenters. The summed E-state index contributed by atoms with van der Waals surface area (Å²) in [6.07, 6.45) is 1.83. The SMILES string of the molecule is O=C(C1CCCOC1)N1CCNCC1c1cccc(F)c1. The molecule has 4 nitrogen and oxygen atoms in total. The van der Waals surface area contributed by atoms with Crippen LogP contribution in [0.1, 0.15) is 24.4 Å². The van der Waals surface area contributed by atoms with Crippen LogP contribution in [-0.2, 0) is 9.53 Å². The number of benzene rings is 1. The van der Waals surface area contributed by atoms with Gasteiger partial charge in [-0.2, -0.15) is 0 Å².